The lowest BCUT2D eigenvalue weighted by Crippen LogP contribution is -2.41. The van der Waals surface area contributed by atoms with Gasteiger partial charge in [-0.05, 0) is 18.1 Å². The number of rotatable bonds is 6. The Balaban J connectivity index is 2.36. The van der Waals surface area contributed by atoms with E-state index in [-0.39, 0.29) is 6.42 Å². The van der Waals surface area contributed by atoms with E-state index in [1.54, 1.807) is 0 Å². The minimum Gasteiger partial charge on any atom is -0.350 e. The molecule has 0 aliphatic carbocycles. The fourth-order valence-corrected chi connectivity index (χ4v) is 1.82. The van der Waals surface area contributed by atoms with Gasteiger partial charge in [0.15, 0.2) is 0 Å². The molecule has 0 saturated carbocycles. The van der Waals surface area contributed by atoms with Crippen molar-refractivity contribution in [3.05, 3.63) is 34.3 Å². The fourth-order valence-electron chi connectivity index (χ4n) is 1.34. The van der Waals surface area contributed by atoms with Gasteiger partial charge < -0.3 is 11.1 Å². The molecule has 3 N–H and O–H groups in total. The number of hydrogen-bond donors (Lipinski definition) is 2. The third-order valence-electron chi connectivity index (χ3n) is 2.42. The predicted octanol–water partition coefficient (Wildman–Crippen LogP) is 2.09. The van der Waals surface area contributed by atoms with E-state index < -0.39 is 24.9 Å². The van der Waals surface area contributed by atoms with Crippen molar-refractivity contribution in [3.8, 4) is 0 Å². The highest BCUT2D eigenvalue weighted by molar-refractivity contribution is 9.10. The molecule has 0 aromatic heterocycles. The van der Waals surface area contributed by atoms with Crippen molar-refractivity contribution in [3.63, 3.8) is 0 Å². The lowest BCUT2D eigenvalue weighted by molar-refractivity contribution is -0.122. The lowest BCUT2D eigenvalue weighted by Gasteiger charge is -2.14. The molecule has 1 aromatic carbocycles. The number of hydrogen-bond acceptors (Lipinski definition) is 2. The maximum absolute atomic E-state index is 12.8. The Hall–Kier alpha value is -1.01. The topological polar surface area (TPSA) is 55.1 Å². The standard InChI is InChI=1S/C12H15BrF2N2O/c13-10-4-2-1-3-9(10)5-6-11(18)17-8-12(14,15)7-16/h1-4H,5-8,16H2,(H,17,18). The predicted molar refractivity (Wildman–Crippen MR) is 69.5 cm³/mol. The van der Waals surface area contributed by atoms with E-state index in [1.165, 1.54) is 0 Å². The second kappa shape index (κ2) is 6.80. The van der Waals surface area contributed by atoms with Gasteiger partial charge in [-0.1, -0.05) is 34.1 Å². The van der Waals surface area contributed by atoms with Crippen LogP contribution in [-0.2, 0) is 11.2 Å². The molecule has 0 bridgehead atoms. The molecule has 0 atom stereocenters. The summed E-state index contributed by atoms with van der Waals surface area (Å²) in [7, 11) is 0. The summed E-state index contributed by atoms with van der Waals surface area (Å²) in [6.45, 7) is -1.48. The Kier molecular flexibility index (Phi) is 5.68. The van der Waals surface area contributed by atoms with E-state index in [0.29, 0.717) is 6.42 Å². The zero-order valence-corrected chi connectivity index (χ0v) is 11.3. The van der Waals surface area contributed by atoms with Crippen LogP contribution in [-0.4, -0.2) is 24.9 Å². The van der Waals surface area contributed by atoms with Crippen molar-refractivity contribution in [1.82, 2.24) is 5.32 Å². The second-order valence-electron chi connectivity index (χ2n) is 3.93. The van der Waals surface area contributed by atoms with Crippen molar-refractivity contribution in [2.45, 2.75) is 18.8 Å². The van der Waals surface area contributed by atoms with E-state index in [4.69, 9.17) is 5.73 Å². The number of aryl methyl sites for hydroxylation is 1. The first kappa shape index (κ1) is 15.0. The van der Waals surface area contributed by atoms with Crippen molar-refractivity contribution < 1.29 is 13.6 Å². The monoisotopic (exact) mass is 320 g/mol. The molecule has 1 rings (SSSR count). The van der Waals surface area contributed by atoms with Crippen LogP contribution in [0.1, 0.15) is 12.0 Å². The number of nitrogens with one attached hydrogen (secondary N) is 1. The zero-order valence-electron chi connectivity index (χ0n) is 9.76. The average molecular weight is 321 g/mol. The van der Waals surface area contributed by atoms with Crippen LogP contribution in [0.4, 0.5) is 8.78 Å². The van der Waals surface area contributed by atoms with Crippen molar-refractivity contribution in [2.24, 2.45) is 5.73 Å². The maximum Gasteiger partial charge on any atom is 0.277 e. The SMILES string of the molecule is NCC(F)(F)CNC(=O)CCc1ccccc1Br. The van der Waals surface area contributed by atoms with Crippen LogP contribution >= 0.6 is 15.9 Å². The first-order chi connectivity index (χ1) is 8.44. The molecule has 0 fully saturated rings. The number of carbonyl (C=O) groups is 1. The van der Waals surface area contributed by atoms with Crippen LogP contribution < -0.4 is 11.1 Å². The van der Waals surface area contributed by atoms with Crippen LogP contribution in [0.25, 0.3) is 0 Å². The smallest absolute Gasteiger partial charge is 0.277 e. The van der Waals surface area contributed by atoms with Gasteiger partial charge in [0.05, 0.1) is 13.1 Å². The number of carbonyl (C=O) groups excluding carboxylic acids is 1. The summed E-state index contributed by atoms with van der Waals surface area (Å²) >= 11 is 3.36. The van der Waals surface area contributed by atoms with Crippen LogP contribution in [0.2, 0.25) is 0 Å². The van der Waals surface area contributed by atoms with Gasteiger partial charge >= 0.3 is 0 Å². The number of amides is 1. The molecule has 1 amide bonds. The van der Waals surface area contributed by atoms with Gasteiger partial charge in [-0.25, -0.2) is 8.78 Å². The summed E-state index contributed by atoms with van der Waals surface area (Å²) in [4.78, 5) is 11.4. The first-order valence-electron chi connectivity index (χ1n) is 5.52. The van der Waals surface area contributed by atoms with E-state index in [9.17, 15) is 13.6 Å². The molecule has 18 heavy (non-hydrogen) atoms. The highest BCUT2D eigenvalue weighted by atomic mass is 79.9. The Bertz CT molecular complexity index is 413. The Morgan fingerprint density at radius 2 is 2.06 bits per heavy atom. The maximum atomic E-state index is 12.8. The molecule has 0 spiro atoms. The zero-order chi connectivity index (χ0) is 13.6. The highest BCUT2D eigenvalue weighted by Crippen LogP contribution is 2.17. The van der Waals surface area contributed by atoms with E-state index in [1.807, 2.05) is 24.3 Å². The van der Waals surface area contributed by atoms with Crippen LogP contribution in [0.3, 0.4) is 0 Å². The third kappa shape index (κ3) is 5.10. The van der Waals surface area contributed by atoms with Gasteiger partial charge in [0.25, 0.3) is 5.92 Å². The van der Waals surface area contributed by atoms with Gasteiger partial charge in [0.1, 0.15) is 0 Å². The summed E-state index contributed by atoms with van der Waals surface area (Å²) in [5, 5.41) is 2.18. The summed E-state index contributed by atoms with van der Waals surface area (Å²) in [6.07, 6.45) is 0.671. The molecule has 0 aliphatic heterocycles. The van der Waals surface area contributed by atoms with Crippen molar-refractivity contribution >= 4 is 21.8 Å². The van der Waals surface area contributed by atoms with Gasteiger partial charge in [-0.15, -0.1) is 0 Å². The normalized spacial score (nSPS) is 11.3. The van der Waals surface area contributed by atoms with Gasteiger partial charge in [0.2, 0.25) is 5.91 Å². The quantitative estimate of drug-likeness (QED) is 0.843. The minimum absolute atomic E-state index is 0.170. The fraction of sp³-hybridized carbons (Fsp3) is 0.417. The molecule has 6 heteroatoms. The van der Waals surface area contributed by atoms with Crippen molar-refractivity contribution in [1.29, 1.82) is 0 Å². The van der Waals surface area contributed by atoms with Gasteiger partial charge in [-0.3, -0.25) is 4.79 Å². The summed E-state index contributed by atoms with van der Waals surface area (Å²) in [5.74, 6) is -3.44. The summed E-state index contributed by atoms with van der Waals surface area (Å²) < 4.78 is 26.5. The van der Waals surface area contributed by atoms with E-state index in [2.05, 4.69) is 21.2 Å². The second-order valence-corrected chi connectivity index (χ2v) is 4.78. The molecule has 0 radical (unpaired) electrons. The molecule has 0 unspecified atom stereocenters. The van der Waals surface area contributed by atoms with Crippen LogP contribution in [0, 0.1) is 0 Å². The van der Waals surface area contributed by atoms with Crippen LogP contribution in [0.5, 0.6) is 0 Å². The van der Waals surface area contributed by atoms with E-state index >= 15 is 0 Å². The molecule has 0 heterocycles. The Morgan fingerprint density at radius 1 is 1.39 bits per heavy atom. The molecular weight excluding hydrogens is 306 g/mol. The third-order valence-corrected chi connectivity index (χ3v) is 3.20. The highest BCUT2D eigenvalue weighted by Gasteiger charge is 2.26. The molecule has 0 saturated heterocycles. The van der Waals surface area contributed by atoms with Crippen LogP contribution in [0.15, 0.2) is 28.7 Å². The Morgan fingerprint density at radius 3 is 2.67 bits per heavy atom. The van der Waals surface area contributed by atoms with Gasteiger partial charge in [0, 0.05) is 10.9 Å². The number of nitrogens with two attached hydrogens (primary N) is 1. The first-order valence-corrected chi connectivity index (χ1v) is 6.32. The molecule has 0 aliphatic rings. The minimum atomic E-state index is -3.04. The number of alkyl halides is 2. The molecular formula is C12H15BrF2N2O. The van der Waals surface area contributed by atoms with E-state index in [0.717, 1.165) is 10.0 Å². The summed E-state index contributed by atoms with van der Waals surface area (Å²) in [6, 6.07) is 7.48. The van der Waals surface area contributed by atoms with Gasteiger partial charge in [-0.2, -0.15) is 0 Å². The Labute approximate surface area is 113 Å². The average Bonchev–Trinajstić information content (AvgIpc) is 2.35. The lowest BCUT2D eigenvalue weighted by atomic mass is 10.1. The molecule has 1 aromatic rings. The molecule has 3 nitrogen and oxygen atoms in total. The number of halogens is 3. The summed E-state index contributed by atoms with van der Waals surface area (Å²) in [5.41, 5.74) is 5.84. The molecule has 100 valence electrons. The number of benzene rings is 1. The largest absolute Gasteiger partial charge is 0.350 e. The van der Waals surface area contributed by atoms with Crippen molar-refractivity contribution in [2.75, 3.05) is 13.1 Å².